The maximum atomic E-state index is 12.9. The van der Waals surface area contributed by atoms with Crippen molar-refractivity contribution in [3.05, 3.63) is 72.3 Å². The van der Waals surface area contributed by atoms with Crippen LogP contribution in [0.5, 0.6) is 5.75 Å². The molecule has 0 aliphatic rings. The lowest BCUT2D eigenvalue weighted by Gasteiger charge is -2.26. The highest BCUT2D eigenvalue weighted by Gasteiger charge is 2.48. The number of alkyl halides is 3. The number of sulfonamides is 1. The number of carboxylic acid groups (broad SMARTS) is 1. The van der Waals surface area contributed by atoms with Crippen LogP contribution in [0.3, 0.4) is 0 Å². The van der Waals surface area contributed by atoms with Crippen LogP contribution in [-0.2, 0) is 31.4 Å². The summed E-state index contributed by atoms with van der Waals surface area (Å²) in [6.07, 6.45) is -0.401. The topological polar surface area (TPSA) is 127 Å². The number of aliphatic carboxylic acids is 1. The Hall–Kier alpha value is -3.16. The molecule has 0 aliphatic carbocycles. The van der Waals surface area contributed by atoms with Crippen molar-refractivity contribution in [3.8, 4) is 5.75 Å². The molecule has 0 saturated heterocycles. The van der Waals surface area contributed by atoms with Gasteiger partial charge in [-0.3, -0.25) is 4.79 Å². The van der Waals surface area contributed by atoms with Crippen molar-refractivity contribution in [2.75, 3.05) is 0 Å². The normalized spacial score (nSPS) is 14.5. The van der Waals surface area contributed by atoms with Crippen LogP contribution in [0.15, 0.2) is 71.6 Å². The zero-order valence-corrected chi connectivity index (χ0v) is 19.0. The van der Waals surface area contributed by atoms with Crippen molar-refractivity contribution >= 4 is 36.9 Å². The number of carbonyl (C=O) groups is 1. The number of benzene rings is 3. The van der Waals surface area contributed by atoms with Gasteiger partial charge in [0.2, 0.25) is 10.0 Å². The van der Waals surface area contributed by atoms with Gasteiger partial charge in [-0.15, -0.1) is 0 Å². The lowest BCUT2D eigenvalue weighted by atomic mass is 9.94. The molecule has 8 nitrogen and oxygen atoms in total. The molecule has 0 saturated carbocycles. The third-order valence-corrected chi connectivity index (χ3v) is 7.41. The molecule has 0 spiro atoms. The molecule has 3 aromatic rings. The van der Waals surface area contributed by atoms with Gasteiger partial charge < -0.3 is 9.29 Å². The summed E-state index contributed by atoms with van der Waals surface area (Å²) >= 11 is 0. The molecule has 13 heteroatoms. The Bertz CT molecular complexity index is 1440. The van der Waals surface area contributed by atoms with Crippen LogP contribution in [0.4, 0.5) is 13.2 Å². The molecule has 34 heavy (non-hydrogen) atoms. The van der Waals surface area contributed by atoms with Gasteiger partial charge in [0.25, 0.3) is 0 Å². The molecule has 3 rings (SSSR count). The zero-order chi connectivity index (χ0) is 25.4. The first-order valence-electron chi connectivity index (χ1n) is 9.49. The van der Waals surface area contributed by atoms with Crippen LogP contribution >= 0.6 is 0 Å². The lowest BCUT2D eigenvalue weighted by Crippen LogP contribution is -2.53. The van der Waals surface area contributed by atoms with Gasteiger partial charge in [0.15, 0.2) is 0 Å². The number of fused-ring (bicyclic) bond motifs is 1. The van der Waals surface area contributed by atoms with Crippen LogP contribution < -0.4 is 8.91 Å². The fraction of sp³-hybridized carbons (Fsp3) is 0.190. The zero-order valence-electron chi connectivity index (χ0n) is 17.4. The van der Waals surface area contributed by atoms with Crippen molar-refractivity contribution < 1.29 is 44.1 Å². The van der Waals surface area contributed by atoms with E-state index < -0.39 is 49.3 Å². The third-order valence-electron chi connectivity index (χ3n) is 4.83. The molecule has 1 atom stereocenters. The van der Waals surface area contributed by atoms with Gasteiger partial charge in [-0.2, -0.15) is 26.3 Å². The Kier molecular flexibility index (Phi) is 6.66. The molecule has 0 radical (unpaired) electrons. The van der Waals surface area contributed by atoms with Gasteiger partial charge in [0.1, 0.15) is 11.3 Å². The van der Waals surface area contributed by atoms with E-state index in [0.717, 1.165) is 36.6 Å². The predicted octanol–water partition coefficient (Wildman–Crippen LogP) is 3.43. The van der Waals surface area contributed by atoms with E-state index in [2.05, 4.69) is 8.91 Å². The smallest absolute Gasteiger partial charge is 0.480 e. The number of hydrogen-bond donors (Lipinski definition) is 2. The number of carboxylic acids is 1. The van der Waals surface area contributed by atoms with Crippen molar-refractivity contribution in [1.82, 2.24) is 4.72 Å². The minimum absolute atomic E-state index is 0.153. The van der Waals surface area contributed by atoms with E-state index in [9.17, 15) is 39.9 Å². The Balaban J connectivity index is 1.84. The molecule has 0 unspecified atom stereocenters. The van der Waals surface area contributed by atoms with E-state index in [0.29, 0.717) is 5.39 Å². The highest BCUT2D eigenvalue weighted by atomic mass is 32.2. The molecule has 0 heterocycles. The highest BCUT2D eigenvalue weighted by Crippen LogP contribution is 2.28. The Morgan fingerprint density at radius 3 is 2.09 bits per heavy atom. The standard InChI is InChI=1S/C21H18F3NO7S2/c1-20(19(26)27,13-14-6-9-17(10-7-14)32-34(30,31)21(22,23)24)25-33(28,29)18-11-8-15-4-2-3-5-16(15)12-18/h2-12,25H,13H2,1H3,(H,26,27)/t20-/m0/s1. The maximum absolute atomic E-state index is 12.9. The first-order valence-corrected chi connectivity index (χ1v) is 12.4. The summed E-state index contributed by atoms with van der Waals surface area (Å²) in [5, 5.41) is 11.1. The van der Waals surface area contributed by atoms with E-state index in [1.165, 1.54) is 12.1 Å². The average Bonchev–Trinajstić information content (AvgIpc) is 2.73. The van der Waals surface area contributed by atoms with Gasteiger partial charge in [-0.25, -0.2) is 8.42 Å². The molecular formula is C21H18F3NO7S2. The first kappa shape index (κ1) is 25.5. The monoisotopic (exact) mass is 517 g/mol. The summed E-state index contributed by atoms with van der Waals surface area (Å²) in [5.41, 5.74) is -7.46. The number of hydrogen-bond acceptors (Lipinski definition) is 6. The van der Waals surface area contributed by atoms with Crippen molar-refractivity contribution in [2.24, 2.45) is 0 Å². The van der Waals surface area contributed by atoms with Crippen LogP contribution in [-0.4, -0.2) is 39.0 Å². The van der Waals surface area contributed by atoms with Crippen molar-refractivity contribution in [3.63, 3.8) is 0 Å². The van der Waals surface area contributed by atoms with E-state index in [1.54, 1.807) is 30.3 Å². The number of rotatable bonds is 8. The first-order chi connectivity index (χ1) is 15.6. The quantitative estimate of drug-likeness (QED) is 0.346. The van der Waals surface area contributed by atoms with Crippen LogP contribution in [0.25, 0.3) is 10.8 Å². The van der Waals surface area contributed by atoms with Crippen molar-refractivity contribution in [2.45, 2.75) is 29.3 Å². The van der Waals surface area contributed by atoms with E-state index >= 15 is 0 Å². The molecular weight excluding hydrogens is 499 g/mol. The van der Waals surface area contributed by atoms with Gasteiger partial charge in [0.05, 0.1) is 4.90 Å². The summed E-state index contributed by atoms with van der Waals surface area (Å²) < 4.78 is 91.5. The SMILES string of the molecule is C[C@@](Cc1ccc(OS(=O)(=O)C(F)(F)F)cc1)(NS(=O)(=O)c1ccc2ccccc2c1)C(=O)O. The van der Waals surface area contributed by atoms with Crippen LogP contribution in [0.2, 0.25) is 0 Å². The summed E-state index contributed by atoms with van der Waals surface area (Å²) in [6, 6.07) is 15.4. The molecule has 0 fully saturated rings. The average molecular weight is 518 g/mol. The Morgan fingerprint density at radius 2 is 1.53 bits per heavy atom. The molecule has 2 N–H and O–H groups in total. The Morgan fingerprint density at radius 1 is 0.941 bits per heavy atom. The predicted molar refractivity (Wildman–Crippen MR) is 116 cm³/mol. The second-order valence-corrected chi connectivity index (χ2v) is 10.8. The summed E-state index contributed by atoms with van der Waals surface area (Å²) in [7, 11) is -10.2. The summed E-state index contributed by atoms with van der Waals surface area (Å²) in [5.74, 6) is -2.15. The number of halogens is 3. The molecule has 0 aromatic heterocycles. The summed E-state index contributed by atoms with van der Waals surface area (Å²) in [6.45, 7) is 1.13. The molecule has 0 amide bonds. The van der Waals surface area contributed by atoms with Crippen LogP contribution in [0.1, 0.15) is 12.5 Å². The molecule has 182 valence electrons. The van der Waals surface area contributed by atoms with Gasteiger partial charge in [0, 0.05) is 6.42 Å². The van der Waals surface area contributed by atoms with Gasteiger partial charge in [-0.1, -0.05) is 42.5 Å². The summed E-state index contributed by atoms with van der Waals surface area (Å²) in [4.78, 5) is 11.8. The van der Waals surface area contributed by atoms with E-state index in [4.69, 9.17) is 0 Å². The molecule has 0 bridgehead atoms. The largest absolute Gasteiger partial charge is 0.534 e. The van der Waals surface area contributed by atoms with Crippen molar-refractivity contribution in [1.29, 1.82) is 0 Å². The Labute approximate surface area is 193 Å². The lowest BCUT2D eigenvalue weighted by molar-refractivity contribution is -0.143. The second kappa shape index (κ2) is 8.89. The third kappa shape index (κ3) is 5.48. The number of nitrogens with one attached hydrogen (secondary N) is 1. The highest BCUT2D eigenvalue weighted by molar-refractivity contribution is 7.89. The van der Waals surface area contributed by atoms with Crippen LogP contribution in [0, 0.1) is 0 Å². The van der Waals surface area contributed by atoms with Gasteiger partial charge >= 0.3 is 21.6 Å². The van der Waals surface area contributed by atoms with E-state index in [1.807, 2.05) is 0 Å². The minimum atomic E-state index is -5.87. The fourth-order valence-corrected chi connectivity index (χ4v) is 4.95. The minimum Gasteiger partial charge on any atom is -0.480 e. The fourth-order valence-electron chi connectivity index (χ4n) is 3.09. The van der Waals surface area contributed by atoms with Gasteiger partial charge in [-0.05, 0) is 47.5 Å². The molecule has 3 aromatic carbocycles. The van der Waals surface area contributed by atoms with E-state index in [-0.39, 0.29) is 10.5 Å². The second-order valence-electron chi connectivity index (χ2n) is 7.56. The molecule has 0 aliphatic heterocycles. The maximum Gasteiger partial charge on any atom is 0.534 e.